The Labute approximate surface area is 127 Å². The average molecular weight is 315 g/mol. The number of aliphatic carboxylic acids is 1. The van der Waals surface area contributed by atoms with Crippen molar-refractivity contribution in [2.24, 2.45) is 11.5 Å². The third-order valence-electron chi connectivity index (χ3n) is 2.73. The van der Waals surface area contributed by atoms with Gasteiger partial charge in [-0.1, -0.05) is 19.3 Å². The highest BCUT2D eigenvalue weighted by Crippen LogP contribution is 2.15. The van der Waals surface area contributed by atoms with Gasteiger partial charge in [-0.2, -0.15) is 0 Å². The van der Waals surface area contributed by atoms with Crippen molar-refractivity contribution in [3.63, 3.8) is 0 Å². The molecule has 1 aromatic heterocycles. The SMILES string of the molecule is NC1CCCCC1.NCC(=O)O.O=Cc1ccc([N+](=O)[O-])o1. The fourth-order valence-electron chi connectivity index (χ4n) is 1.64. The Bertz CT molecular complexity index is 468. The first kappa shape index (κ1) is 19.7. The van der Waals surface area contributed by atoms with Crippen LogP contribution >= 0.6 is 0 Å². The van der Waals surface area contributed by atoms with Crippen LogP contribution < -0.4 is 11.5 Å². The van der Waals surface area contributed by atoms with E-state index < -0.39 is 16.8 Å². The maximum atomic E-state index is 9.93. The number of furan rings is 1. The van der Waals surface area contributed by atoms with Crippen LogP contribution in [0.3, 0.4) is 0 Å². The number of carboxylic acids is 1. The lowest BCUT2D eigenvalue weighted by Gasteiger charge is -2.15. The Balaban J connectivity index is 0.000000322. The second-order valence-electron chi connectivity index (χ2n) is 4.55. The normalized spacial score (nSPS) is 13.9. The summed E-state index contributed by atoms with van der Waals surface area (Å²) in [5, 5.41) is 17.5. The van der Waals surface area contributed by atoms with Crippen LogP contribution in [-0.4, -0.2) is 34.9 Å². The van der Waals surface area contributed by atoms with Crippen molar-refractivity contribution in [2.45, 2.75) is 38.1 Å². The molecule has 22 heavy (non-hydrogen) atoms. The molecule has 124 valence electrons. The van der Waals surface area contributed by atoms with Crippen LogP contribution in [0.2, 0.25) is 0 Å². The Kier molecular flexibility index (Phi) is 10.2. The first-order valence-corrected chi connectivity index (χ1v) is 6.77. The van der Waals surface area contributed by atoms with Gasteiger partial charge in [-0.25, -0.2) is 0 Å². The number of nitro groups is 1. The van der Waals surface area contributed by atoms with Gasteiger partial charge >= 0.3 is 11.9 Å². The molecule has 0 amide bonds. The highest BCUT2D eigenvalue weighted by atomic mass is 16.6. The van der Waals surface area contributed by atoms with E-state index >= 15 is 0 Å². The lowest BCUT2D eigenvalue weighted by atomic mass is 9.97. The molecular weight excluding hydrogens is 294 g/mol. The summed E-state index contributed by atoms with van der Waals surface area (Å²) in [6.07, 6.45) is 7.07. The number of carbonyl (C=O) groups excluding carboxylic acids is 1. The average Bonchev–Trinajstić information content (AvgIpc) is 2.98. The number of rotatable bonds is 3. The topological polar surface area (TPSA) is 163 Å². The maximum Gasteiger partial charge on any atom is 0.433 e. The van der Waals surface area contributed by atoms with Crippen LogP contribution in [0.4, 0.5) is 5.88 Å². The van der Waals surface area contributed by atoms with Crippen molar-refractivity contribution in [3.8, 4) is 0 Å². The van der Waals surface area contributed by atoms with E-state index in [1.807, 2.05) is 0 Å². The summed E-state index contributed by atoms with van der Waals surface area (Å²) in [6, 6.07) is 2.91. The standard InChI is InChI=1S/C6H13N.C5H3NO4.C2H5NO2/c7-6-4-2-1-3-5-6;7-3-4-1-2-5(10-4)6(8)9;3-1-2(4)5/h6H,1-5,7H2;1-3H;1,3H2,(H,4,5). The van der Waals surface area contributed by atoms with Crippen molar-refractivity contribution in [1.29, 1.82) is 0 Å². The van der Waals surface area contributed by atoms with Crippen molar-refractivity contribution >= 4 is 18.1 Å². The van der Waals surface area contributed by atoms with E-state index in [2.05, 4.69) is 10.2 Å². The van der Waals surface area contributed by atoms with Gasteiger partial charge in [0.15, 0.2) is 12.0 Å². The van der Waals surface area contributed by atoms with Crippen molar-refractivity contribution in [3.05, 3.63) is 28.0 Å². The van der Waals surface area contributed by atoms with E-state index in [1.165, 1.54) is 38.2 Å². The molecule has 1 fully saturated rings. The molecule has 0 unspecified atom stereocenters. The van der Waals surface area contributed by atoms with Crippen molar-refractivity contribution in [2.75, 3.05) is 6.54 Å². The first-order chi connectivity index (χ1) is 10.4. The highest BCUT2D eigenvalue weighted by molar-refractivity contribution is 5.70. The first-order valence-electron chi connectivity index (χ1n) is 6.77. The predicted molar refractivity (Wildman–Crippen MR) is 78.5 cm³/mol. The molecule has 9 nitrogen and oxygen atoms in total. The fourth-order valence-corrected chi connectivity index (χ4v) is 1.64. The minimum Gasteiger partial charge on any atom is -0.480 e. The van der Waals surface area contributed by atoms with Crippen LogP contribution in [0.15, 0.2) is 16.5 Å². The number of carboxylic acid groups (broad SMARTS) is 1. The van der Waals surface area contributed by atoms with Gasteiger partial charge in [0.1, 0.15) is 4.92 Å². The van der Waals surface area contributed by atoms with Crippen molar-refractivity contribution in [1.82, 2.24) is 0 Å². The Morgan fingerprint density at radius 3 is 2.18 bits per heavy atom. The van der Waals surface area contributed by atoms with Gasteiger partial charge in [0.25, 0.3) is 0 Å². The zero-order valence-electron chi connectivity index (χ0n) is 12.1. The lowest BCUT2D eigenvalue weighted by molar-refractivity contribution is -0.402. The zero-order chi connectivity index (χ0) is 17.0. The van der Waals surface area contributed by atoms with Gasteiger partial charge in [0.2, 0.25) is 0 Å². The second kappa shape index (κ2) is 11.4. The zero-order valence-corrected chi connectivity index (χ0v) is 12.1. The van der Waals surface area contributed by atoms with Crippen molar-refractivity contribution < 1.29 is 24.0 Å². The van der Waals surface area contributed by atoms with E-state index in [4.69, 9.17) is 10.8 Å². The summed E-state index contributed by atoms with van der Waals surface area (Å²) in [4.78, 5) is 28.4. The Hall–Kier alpha value is -2.26. The minimum atomic E-state index is -0.968. The monoisotopic (exact) mass is 315 g/mol. The summed E-state index contributed by atoms with van der Waals surface area (Å²) in [5.74, 6) is -1.42. The molecule has 0 aliphatic heterocycles. The Morgan fingerprint density at radius 2 is 1.95 bits per heavy atom. The third-order valence-corrected chi connectivity index (χ3v) is 2.73. The van der Waals surface area contributed by atoms with Crippen LogP contribution in [0.5, 0.6) is 0 Å². The van der Waals surface area contributed by atoms with Gasteiger partial charge in [0.05, 0.1) is 12.6 Å². The Morgan fingerprint density at radius 1 is 1.41 bits per heavy atom. The molecule has 1 heterocycles. The molecular formula is C13H21N3O6. The molecule has 1 aromatic rings. The number of hydrogen-bond acceptors (Lipinski definition) is 7. The number of carbonyl (C=O) groups is 2. The van der Waals surface area contributed by atoms with Gasteiger partial charge in [-0.15, -0.1) is 0 Å². The number of aldehydes is 1. The summed E-state index contributed by atoms with van der Waals surface area (Å²) < 4.78 is 4.43. The van der Waals surface area contributed by atoms with E-state index in [-0.39, 0.29) is 12.3 Å². The molecule has 2 rings (SSSR count). The smallest absolute Gasteiger partial charge is 0.433 e. The third kappa shape index (κ3) is 9.61. The van der Waals surface area contributed by atoms with Crippen LogP contribution in [0.1, 0.15) is 42.7 Å². The summed E-state index contributed by atoms with van der Waals surface area (Å²) in [6.45, 7) is -0.278. The molecule has 1 saturated carbocycles. The van der Waals surface area contributed by atoms with E-state index in [9.17, 15) is 19.7 Å². The molecule has 0 bridgehead atoms. The predicted octanol–water partition coefficient (Wildman–Crippen LogP) is 1.31. The van der Waals surface area contributed by atoms with Crippen LogP contribution in [0.25, 0.3) is 0 Å². The molecule has 0 aromatic carbocycles. The fraction of sp³-hybridized carbons (Fsp3) is 0.538. The van der Waals surface area contributed by atoms with Gasteiger partial charge in [-0.3, -0.25) is 19.7 Å². The molecule has 0 radical (unpaired) electrons. The summed E-state index contributed by atoms with van der Waals surface area (Å²) in [5.41, 5.74) is 10.2. The van der Waals surface area contributed by atoms with Gasteiger partial charge < -0.3 is 21.0 Å². The molecule has 0 saturated heterocycles. The maximum absolute atomic E-state index is 9.93. The highest BCUT2D eigenvalue weighted by Gasteiger charge is 2.10. The summed E-state index contributed by atoms with van der Waals surface area (Å²) >= 11 is 0. The number of nitrogens with two attached hydrogens (primary N) is 2. The number of nitrogens with zero attached hydrogens (tertiary/aromatic N) is 1. The van der Waals surface area contributed by atoms with Crippen LogP contribution in [-0.2, 0) is 4.79 Å². The molecule has 1 aliphatic carbocycles. The molecule has 0 spiro atoms. The largest absolute Gasteiger partial charge is 0.480 e. The number of hydrogen-bond donors (Lipinski definition) is 3. The van der Waals surface area contributed by atoms with E-state index in [1.54, 1.807) is 0 Å². The molecule has 1 aliphatic rings. The quantitative estimate of drug-likeness (QED) is 0.427. The molecule has 0 atom stereocenters. The van der Waals surface area contributed by atoms with Gasteiger partial charge in [0, 0.05) is 6.04 Å². The second-order valence-corrected chi connectivity index (χ2v) is 4.55. The van der Waals surface area contributed by atoms with E-state index in [0.717, 1.165) is 6.07 Å². The van der Waals surface area contributed by atoms with Crippen LogP contribution in [0, 0.1) is 10.1 Å². The minimum absolute atomic E-state index is 0.0355. The van der Waals surface area contributed by atoms with Gasteiger partial charge in [-0.05, 0) is 18.9 Å². The lowest BCUT2D eigenvalue weighted by Crippen LogP contribution is -2.22. The summed E-state index contributed by atoms with van der Waals surface area (Å²) in [7, 11) is 0. The van der Waals surface area contributed by atoms with E-state index in [0.29, 0.717) is 12.3 Å². The molecule has 5 N–H and O–H groups in total. The molecule has 9 heteroatoms.